The second kappa shape index (κ2) is 1.73. The van der Waals surface area contributed by atoms with Crippen LogP contribution in [0.15, 0.2) is 0 Å². The normalized spacial score (nSPS) is 24.0. The SMILES string of the molecule is FC(F)(F)C1(O[Si])CC1. The monoisotopic (exact) mass is 153 g/mol. The average molecular weight is 153 g/mol. The van der Waals surface area contributed by atoms with Gasteiger partial charge in [-0.25, -0.2) is 0 Å². The molecule has 0 aromatic carbocycles. The van der Waals surface area contributed by atoms with Crippen LogP contribution in [0.3, 0.4) is 0 Å². The molecule has 0 heterocycles. The number of hydrogen-bond acceptors (Lipinski definition) is 1. The van der Waals surface area contributed by atoms with Crippen molar-refractivity contribution < 1.29 is 17.6 Å². The number of halogens is 3. The van der Waals surface area contributed by atoms with Gasteiger partial charge in [0.1, 0.15) is 0 Å². The van der Waals surface area contributed by atoms with Gasteiger partial charge in [-0.1, -0.05) is 0 Å². The third-order valence-corrected chi connectivity index (χ3v) is 1.81. The van der Waals surface area contributed by atoms with Crippen molar-refractivity contribution >= 4 is 10.5 Å². The molecular formula is C4H4F3OSi. The van der Waals surface area contributed by atoms with Crippen molar-refractivity contribution in [1.29, 1.82) is 0 Å². The molecule has 1 nitrogen and oxygen atoms in total. The fraction of sp³-hybridized carbons (Fsp3) is 1.00. The number of alkyl halides is 3. The molecule has 1 aliphatic carbocycles. The van der Waals surface area contributed by atoms with E-state index in [2.05, 4.69) is 14.9 Å². The van der Waals surface area contributed by atoms with E-state index in [0.717, 1.165) is 0 Å². The largest absolute Gasteiger partial charge is 0.416 e. The molecule has 1 aliphatic rings. The molecule has 0 aromatic heterocycles. The second-order valence-electron chi connectivity index (χ2n) is 2.09. The summed E-state index contributed by atoms with van der Waals surface area (Å²) in [6.07, 6.45) is -4.07. The van der Waals surface area contributed by atoms with Crippen molar-refractivity contribution in [3.63, 3.8) is 0 Å². The van der Waals surface area contributed by atoms with Crippen LogP contribution in [-0.4, -0.2) is 22.3 Å². The standard InChI is InChI=1S/C4H4F3OSi/c5-4(6,7)3(8-9)1-2-3/h1-2H2. The lowest BCUT2D eigenvalue weighted by Crippen LogP contribution is -2.33. The van der Waals surface area contributed by atoms with Gasteiger partial charge >= 0.3 is 6.18 Å². The maximum absolute atomic E-state index is 11.7. The molecule has 0 unspecified atom stereocenters. The van der Waals surface area contributed by atoms with E-state index < -0.39 is 11.8 Å². The van der Waals surface area contributed by atoms with Crippen LogP contribution in [0.5, 0.6) is 0 Å². The molecule has 1 rings (SSSR count). The Balaban J connectivity index is 2.60. The number of hydrogen-bond donors (Lipinski definition) is 0. The van der Waals surface area contributed by atoms with Gasteiger partial charge in [-0.3, -0.25) is 0 Å². The summed E-state index contributed by atoms with van der Waals surface area (Å²) in [5, 5.41) is 0. The van der Waals surface area contributed by atoms with E-state index in [1.165, 1.54) is 0 Å². The maximum atomic E-state index is 11.7. The first kappa shape index (κ1) is 7.08. The lowest BCUT2D eigenvalue weighted by Gasteiger charge is -2.16. The molecule has 0 aliphatic heterocycles. The zero-order valence-electron chi connectivity index (χ0n) is 4.46. The first-order valence-corrected chi connectivity index (χ1v) is 2.84. The van der Waals surface area contributed by atoms with Crippen molar-refractivity contribution in [1.82, 2.24) is 0 Å². The van der Waals surface area contributed by atoms with Gasteiger partial charge in [-0.05, 0) is 12.8 Å². The van der Waals surface area contributed by atoms with E-state index in [-0.39, 0.29) is 12.8 Å². The fourth-order valence-corrected chi connectivity index (χ4v) is 0.877. The lowest BCUT2D eigenvalue weighted by atomic mass is 10.3. The van der Waals surface area contributed by atoms with Crippen LogP contribution in [0.2, 0.25) is 0 Å². The van der Waals surface area contributed by atoms with Gasteiger partial charge in [0.15, 0.2) is 5.60 Å². The van der Waals surface area contributed by atoms with Crippen LogP contribution in [0.1, 0.15) is 12.8 Å². The Morgan fingerprint density at radius 3 is 1.78 bits per heavy atom. The van der Waals surface area contributed by atoms with E-state index in [4.69, 9.17) is 0 Å². The Bertz CT molecular complexity index is 117. The van der Waals surface area contributed by atoms with Crippen LogP contribution in [0, 0.1) is 0 Å². The minimum absolute atomic E-state index is 0.0694. The van der Waals surface area contributed by atoms with E-state index >= 15 is 0 Å². The summed E-state index contributed by atoms with van der Waals surface area (Å²) < 4.78 is 39.3. The summed E-state index contributed by atoms with van der Waals surface area (Å²) in [5.74, 6) is 0. The summed E-state index contributed by atoms with van der Waals surface area (Å²) in [6, 6.07) is 0. The van der Waals surface area contributed by atoms with Gasteiger partial charge in [-0.15, -0.1) is 0 Å². The van der Waals surface area contributed by atoms with Crippen LogP contribution in [0.25, 0.3) is 0 Å². The van der Waals surface area contributed by atoms with Crippen molar-refractivity contribution in [2.45, 2.75) is 24.6 Å². The van der Waals surface area contributed by atoms with E-state index in [9.17, 15) is 13.2 Å². The highest BCUT2D eigenvalue weighted by molar-refractivity contribution is 5.98. The van der Waals surface area contributed by atoms with Crippen LogP contribution in [-0.2, 0) is 4.43 Å². The molecule has 0 bridgehead atoms. The Morgan fingerprint density at radius 1 is 1.33 bits per heavy atom. The topological polar surface area (TPSA) is 9.23 Å². The Kier molecular flexibility index (Phi) is 1.36. The Hall–Kier alpha value is -0.0331. The first-order valence-electron chi connectivity index (χ1n) is 2.43. The molecule has 3 radical (unpaired) electrons. The van der Waals surface area contributed by atoms with Crippen LogP contribution >= 0.6 is 0 Å². The second-order valence-corrected chi connectivity index (χ2v) is 2.30. The minimum Gasteiger partial charge on any atom is -0.405 e. The molecule has 51 valence electrons. The van der Waals surface area contributed by atoms with Crippen LogP contribution in [0.4, 0.5) is 13.2 Å². The first-order chi connectivity index (χ1) is 4.02. The molecule has 0 atom stereocenters. The van der Waals surface area contributed by atoms with Gasteiger partial charge in [0, 0.05) is 0 Å². The van der Waals surface area contributed by atoms with E-state index in [1.54, 1.807) is 0 Å². The van der Waals surface area contributed by atoms with Crippen molar-refractivity contribution in [2.75, 3.05) is 0 Å². The predicted octanol–water partition coefficient (Wildman–Crippen LogP) is 1.18. The average Bonchev–Trinajstić information content (AvgIpc) is 2.40. The summed E-state index contributed by atoms with van der Waals surface area (Å²) in [5.41, 5.74) is -1.86. The molecule has 9 heavy (non-hydrogen) atoms. The molecule has 0 aromatic rings. The zero-order chi connectivity index (χ0) is 7.12. The molecule has 1 fully saturated rings. The van der Waals surface area contributed by atoms with Gasteiger partial charge < -0.3 is 4.43 Å². The molecule has 0 spiro atoms. The number of rotatable bonds is 1. The fourth-order valence-electron chi connectivity index (χ4n) is 0.557. The van der Waals surface area contributed by atoms with Crippen molar-refractivity contribution in [3.05, 3.63) is 0 Å². The quantitative estimate of drug-likeness (QED) is 0.514. The minimum atomic E-state index is -4.21. The van der Waals surface area contributed by atoms with Gasteiger partial charge in [0.25, 0.3) is 0 Å². The zero-order valence-corrected chi connectivity index (χ0v) is 5.46. The molecule has 5 heteroatoms. The summed E-state index contributed by atoms with van der Waals surface area (Å²) >= 11 is 0. The van der Waals surface area contributed by atoms with Gasteiger partial charge in [-0.2, -0.15) is 13.2 Å². The highest BCUT2D eigenvalue weighted by atomic mass is 28.2. The Labute approximate surface area is 53.7 Å². The summed E-state index contributed by atoms with van der Waals surface area (Å²) in [4.78, 5) is 0. The van der Waals surface area contributed by atoms with Crippen LogP contribution < -0.4 is 0 Å². The third kappa shape index (κ3) is 0.985. The van der Waals surface area contributed by atoms with E-state index in [1.807, 2.05) is 0 Å². The molecule has 0 amide bonds. The maximum Gasteiger partial charge on any atom is 0.416 e. The summed E-state index contributed by atoms with van der Waals surface area (Å²) in [7, 11) is 2.40. The molecule has 1 saturated carbocycles. The molecule has 0 N–H and O–H groups in total. The Morgan fingerprint density at radius 2 is 1.78 bits per heavy atom. The van der Waals surface area contributed by atoms with E-state index in [0.29, 0.717) is 0 Å². The van der Waals surface area contributed by atoms with Gasteiger partial charge in [0.05, 0.1) is 0 Å². The van der Waals surface area contributed by atoms with Crippen molar-refractivity contribution in [3.8, 4) is 0 Å². The molecular weight excluding hydrogens is 149 g/mol. The van der Waals surface area contributed by atoms with Crippen molar-refractivity contribution in [2.24, 2.45) is 0 Å². The summed E-state index contributed by atoms with van der Waals surface area (Å²) in [6.45, 7) is 0. The third-order valence-electron chi connectivity index (χ3n) is 1.42. The molecule has 0 saturated heterocycles. The smallest absolute Gasteiger partial charge is 0.405 e. The lowest BCUT2D eigenvalue weighted by molar-refractivity contribution is -0.207. The highest BCUT2D eigenvalue weighted by Gasteiger charge is 2.63. The highest BCUT2D eigenvalue weighted by Crippen LogP contribution is 2.51. The van der Waals surface area contributed by atoms with Gasteiger partial charge in [0.2, 0.25) is 10.5 Å². The predicted molar refractivity (Wildman–Crippen MR) is 24.9 cm³/mol.